The van der Waals surface area contributed by atoms with Gasteiger partial charge in [0.25, 0.3) is 0 Å². The molecule has 0 N–H and O–H groups in total. The number of hydrogen-bond donors (Lipinski definition) is 0. The van der Waals surface area contributed by atoms with E-state index < -0.39 is 30.5 Å². The van der Waals surface area contributed by atoms with Crippen molar-refractivity contribution < 1.29 is 24.6 Å². The van der Waals surface area contributed by atoms with Gasteiger partial charge in [-0.25, -0.2) is 3.63 Å². The summed E-state index contributed by atoms with van der Waals surface area (Å²) in [6.45, 7) is 19.3. The smallest absolute Gasteiger partial charge is 0.339 e. The Kier molecular flexibility index (Phi) is 10.7. The van der Waals surface area contributed by atoms with Gasteiger partial charge in [-0.15, -0.1) is 0 Å². The van der Waals surface area contributed by atoms with Crippen LogP contribution in [0.3, 0.4) is 0 Å². The van der Waals surface area contributed by atoms with Crippen LogP contribution in [0.1, 0.15) is 79.0 Å². The summed E-state index contributed by atoms with van der Waals surface area (Å²) in [6.07, 6.45) is 0. The normalized spacial score (nSPS) is 13.5. The zero-order valence-corrected chi connectivity index (χ0v) is 35.4. The summed E-state index contributed by atoms with van der Waals surface area (Å²) in [5.41, 5.74) is 3.00. The first-order valence-electron chi connectivity index (χ1n) is 18.2. The largest absolute Gasteiger partial charge is 0.379 e. The van der Waals surface area contributed by atoms with Crippen LogP contribution in [0.5, 0.6) is 5.75 Å². The van der Waals surface area contributed by atoms with Crippen LogP contribution in [0, 0.1) is 0 Å². The minimum Gasteiger partial charge on any atom is -0.379 e. The number of hydrogen-bond acceptors (Lipinski definition) is 6. The molecule has 288 valence electrons. The predicted octanol–water partition coefficient (Wildman–Crippen LogP) is 12.1. The quantitative estimate of drug-likeness (QED) is 0.135. The summed E-state index contributed by atoms with van der Waals surface area (Å²) in [5, 5.41) is 1.18. The lowest BCUT2D eigenvalue weighted by Gasteiger charge is -2.40. The SMILES string of the molecule is CC(C)(C)c1ccc(S(OS(=O)(=O)c2ccc3cc(OS(=O)(=O)c4ccccc4)ccc3c2)(c2ccc(C(C)(C)C)cc2)c2ccc(C(C)(C)C)cc2)cc1. The monoisotopic (exact) mass is 794 g/mol. The Bertz CT molecular complexity index is 2380. The van der Waals surface area contributed by atoms with Gasteiger partial charge in [0.1, 0.15) is 10.6 Å². The first-order valence-corrected chi connectivity index (χ1v) is 22.6. The number of fused-ring (bicyclic) bond motifs is 1. The average molecular weight is 795 g/mol. The van der Waals surface area contributed by atoms with Crippen molar-refractivity contribution in [3.63, 3.8) is 0 Å². The van der Waals surface area contributed by atoms with Gasteiger partial charge in [-0.3, -0.25) is 0 Å². The third-order valence-electron chi connectivity index (χ3n) is 9.66. The molecule has 0 radical (unpaired) electrons. The molecule has 0 unspecified atom stereocenters. The van der Waals surface area contributed by atoms with Gasteiger partial charge in [0.05, 0.1) is 4.90 Å². The zero-order valence-electron chi connectivity index (χ0n) is 33.0. The highest BCUT2D eigenvalue weighted by atomic mass is 32.3. The Labute approximate surface area is 329 Å². The Balaban J connectivity index is 1.50. The Morgan fingerprint density at radius 2 is 0.764 bits per heavy atom. The van der Waals surface area contributed by atoms with Gasteiger partial charge in [0, 0.05) is 14.7 Å². The second-order valence-electron chi connectivity index (χ2n) is 16.9. The summed E-state index contributed by atoms with van der Waals surface area (Å²) in [5.74, 6) is 0.114. The molecule has 0 aromatic heterocycles. The first kappa shape index (κ1) is 40.3. The van der Waals surface area contributed by atoms with E-state index in [1.165, 1.54) is 24.3 Å². The highest BCUT2D eigenvalue weighted by molar-refractivity contribution is 8.33. The highest BCUT2D eigenvalue weighted by Crippen LogP contribution is 2.70. The van der Waals surface area contributed by atoms with E-state index in [2.05, 4.69) is 98.7 Å². The molecule has 0 aliphatic rings. The molecule has 0 aliphatic carbocycles. The van der Waals surface area contributed by atoms with Gasteiger partial charge in [-0.05, 0) is 127 Å². The molecule has 0 bridgehead atoms. The van der Waals surface area contributed by atoms with E-state index in [4.69, 9.17) is 7.81 Å². The fraction of sp³-hybridized carbons (Fsp3) is 0.261. The summed E-state index contributed by atoms with van der Waals surface area (Å²) in [6, 6.07) is 41.7. The number of rotatable bonds is 9. The lowest BCUT2D eigenvalue weighted by atomic mass is 9.87. The molecule has 0 saturated carbocycles. The maximum Gasteiger partial charge on any atom is 0.339 e. The van der Waals surface area contributed by atoms with Crippen LogP contribution in [0.4, 0.5) is 0 Å². The van der Waals surface area contributed by atoms with Crippen molar-refractivity contribution in [3.8, 4) is 5.75 Å². The van der Waals surface area contributed by atoms with Crippen molar-refractivity contribution in [2.45, 2.75) is 103 Å². The van der Waals surface area contributed by atoms with E-state index in [-0.39, 0.29) is 31.8 Å². The molecule has 6 rings (SSSR count). The second kappa shape index (κ2) is 14.6. The van der Waals surface area contributed by atoms with E-state index in [9.17, 15) is 16.8 Å². The molecule has 0 heterocycles. The first-order chi connectivity index (χ1) is 25.6. The molecule has 0 amide bonds. The second-order valence-corrected chi connectivity index (χ2v) is 22.9. The molecule has 0 saturated heterocycles. The molecule has 6 nitrogen and oxygen atoms in total. The van der Waals surface area contributed by atoms with Gasteiger partial charge in [0.15, 0.2) is 0 Å². The third kappa shape index (κ3) is 8.55. The van der Waals surface area contributed by atoms with Crippen LogP contribution in [0.25, 0.3) is 10.8 Å². The molecule has 6 aromatic carbocycles. The van der Waals surface area contributed by atoms with E-state index in [0.717, 1.165) is 31.4 Å². The molecule has 0 spiro atoms. The molecule has 0 atom stereocenters. The zero-order chi connectivity index (χ0) is 40.0. The van der Waals surface area contributed by atoms with Crippen molar-refractivity contribution in [2.24, 2.45) is 0 Å². The maximum absolute atomic E-state index is 14.8. The van der Waals surface area contributed by atoms with Gasteiger partial charge < -0.3 is 4.18 Å². The van der Waals surface area contributed by atoms with E-state index >= 15 is 0 Å². The van der Waals surface area contributed by atoms with Crippen molar-refractivity contribution in [1.29, 1.82) is 0 Å². The van der Waals surface area contributed by atoms with Crippen LogP contribution >= 0.6 is 10.3 Å². The van der Waals surface area contributed by atoms with Crippen LogP contribution < -0.4 is 4.18 Å². The fourth-order valence-electron chi connectivity index (χ4n) is 6.31. The van der Waals surface area contributed by atoms with Crippen LogP contribution in [0.2, 0.25) is 0 Å². The summed E-state index contributed by atoms with van der Waals surface area (Å²) >= 11 is 0. The van der Waals surface area contributed by atoms with Crippen molar-refractivity contribution in [3.05, 3.63) is 156 Å². The predicted molar refractivity (Wildman–Crippen MR) is 224 cm³/mol. The Hall–Kier alpha value is -4.41. The van der Waals surface area contributed by atoms with Gasteiger partial charge >= 0.3 is 20.2 Å². The highest BCUT2D eigenvalue weighted by Gasteiger charge is 2.39. The van der Waals surface area contributed by atoms with E-state index in [1.807, 2.05) is 36.4 Å². The lowest BCUT2D eigenvalue weighted by molar-refractivity contribution is 0.486. The van der Waals surface area contributed by atoms with E-state index in [1.54, 1.807) is 42.5 Å². The molecule has 55 heavy (non-hydrogen) atoms. The molecular formula is C46H50O6S3. The third-order valence-corrected chi connectivity index (χ3v) is 16.1. The summed E-state index contributed by atoms with van der Waals surface area (Å²) < 4.78 is 67.6. The maximum atomic E-state index is 14.8. The van der Waals surface area contributed by atoms with Gasteiger partial charge in [0.2, 0.25) is 0 Å². The number of benzene rings is 6. The minimum absolute atomic E-state index is 0.0219. The molecule has 6 aromatic rings. The van der Waals surface area contributed by atoms with Crippen LogP contribution in [-0.2, 0) is 40.1 Å². The van der Waals surface area contributed by atoms with Crippen LogP contribution in [0.15, 0.2) is 164 Å². The molecular weight excluding hydrogens is 745 g/mol. The average Bonchev–Trinajstić information content (AvgIpc) is 3.13. The van der Waals surface area contributed by atoms with Crippen molar-refractivity contribution in [2.75, 3.05) is 0 Å². The summed E-state index contributed by atoms with van der Waals surface area (Å²) in [4.78, 5) is 2.26. The van der Waals surface area contributed by atoms with Crippen LogP contribution in [-0.4, -0.2) is 16.8 Å². The molecule has 9 heteroatoms. The fourth-order valence-corrected chi connectivity index (χ4v) is 12.5. The summed E-state index contributed by atoms with van der Waals surface area (Å²) in [7, 11) is -11.4. The molecule has 0 fully saturated rings. The van der Waals surface area contributed by atoms with Gasteiger partial charge in [-0.2, -0.15) is 16.8 Å². The lowest BCUT2D eigenvalue weighted by Crippen LogP contribution is -2.17. The standard InChI is InChI=1S/C46H50O6S3/c1-44(2,3)35-17-25-39(26-18-35)53(40-27-19-36(20-28-40)45(4,5)6,41-29-21-37(22-30-41)46(7,8)9)52-55(49,50)43-24-16-33-31-38(23-15-34(33)32-43)51-54(47,48)42-13-11-10-12-14-42/h10-32H,1-9H3. The Morgan fingerprint density at radius 1 is 0.382 bits per heavy atom. The topological polar surface area (TPSA) is 86.7 Å². The van der Waals surface area contributed by atoms with Gasteiger partial charge in [-0.1, -0.05) is 129 Å². The Morgan fingerprint density at radius 3 is 1.18 bits per heavy atom. The van der Waals surface area contributed by atoms with E-state index in [0.29, 0.717) is 10.8 Å². The van der Waals surface area contributed by atoms with Crippen molar-refractivity contribution in [1.82, 2.24) is 0 Å². The van der Waals surface area contributed by atoms with Crippen molar-refractivity contribution >= 4 is 41.3 Å². The minimum atomic E-state index is -4.43. The molecule has 0 aliphatic heterocycles.